The van der Waals surface area contributed by atoms with E-state index >= 15 is 0 Å². The minimum atomic E-state index is -4.35. The van der Waals surface area contributed by atoms with E-state index in [4.69, 9.17) is 11.1 Å². The highest BCUT2D eigenvalue weighted by Crippen LogP contribution is 2.22. The molecule has 0 radical (unpaired) electrons. The number of sulfonamides is 1. The Morgan fingerprint density at radius 2 is 1.94 bits per heavy atom. The summed E-state index contributed by atoms with van der Waals surface area (Å²) in [6, 6.07) is 0. The van der Waals surface area contributed by atoms with Gasteiger partial charge in [-0.1, -0.05) is 6.92 Å². The number of halogens is 3. The van der Waals surface area contributed by atoms with E-state index in [9.17, 15) is 21.6 Å². The van der Waals surface area contributed by atoms with E-state index < -0.39 is 34.8 Å². The van der Waals surface area contributed by atoms with Crippen molar-refractivity contribution < 1.29 is 21.6 Å². The van der Waals surface area contributed by atoms with Crippen LogP contribution in [0, 0.1) is 5.41 Å². The van der Waals surface area contributed by atoms with Gasteiger partial charge in [0.15, 0.2) is 0 Å². The van der Waals surface area contributed by atoms with Crippen LogP contribution in [-0.2, 0) is 10.0 Å². The third-order valence-corrected chi connectivity index (χ3v) is 3.93. The number of amidine groups is 1. The van der Waals surface area contributed by atoms with E-state index in [1.54, 1.807) is 0 Å². The minimum Gasteiger partial charge on any atom is -0.387 e. The standard InChI is InChI=1S/C8H16F3N3O2S/c1-2-14(6-7(12)13)17(15,16)5-3-4-8(9,10)11/h2-6H2,1H3,(H3,12,13). The summed E-state index contributed by atoms with van der Waals surface area (Å²) >= 11 is 0. The summed E-state index contributed by atoms with van der Waals surface area (Å²) in [5.41, 5.74) is 5.06. The van der Waals surface area contributed by atoms with Gasteiger partial charge >= 0.3 is 6.18 Å². The van der Waals surface area contributed by atoms with Gasteiger partial charge in [0.1, 0.15) is 5.84 Å². The van der Waals surface area contributed by atoms with Gasteiger partial charge in [0, 0.05) is 13.0 Å². The van der Waals surface area contributed by atoms with Crippen LogP contribution in [0.3, 0.4) is 0 Å². The average Bonchev–Trinajstić information content (AvgIpc) is 2.10. The lowest BCUT2D eigenvalue weighted by Crippen LogP contribution is -2.39. The van der Waals surface area contributed by atoms with Gasteiger partial charge in [-0.3, -0.25) is 5.41 Å². The van der Waals surface area contributed by atoms with E-state index in [1.165, 1.54) is 6.92 Å². The molecular formula is C8H16F3N3O2S. The van der Waals surface area contributed by atoms with Crippen LogP contribution >= 0.6 is 0 Å². The summed E-state index contributed by atoms with van der Waals surface area (Å²) < 4.78 is 59.7. The lowest BCUT2D eigenvalue weighted by molar-refractivity contribution is -0.134. The van der Waals surface area contributed by atoms with Crippen LogP contribution in [-0.4, -0.2) is 43.6 Å². The van der Waals surface area contributed by atoms with Crippen molar-refractivity contribution in [3.05, 3.63) is 0 Å². The van der Waals surface area contributed by atoms with E-state index in [2.05, 4.69) is 0 Å². The molecule has 17 heavy (non-hydrogen) atoms. The molecule has 0 aliphatic carbocycles. The number of nitrogens with one attached hydrogen (secondary N) is 1. The molecule has 9 heteroatoms. The maximum Gasteiger partial charge on any atom is 0.389 e. The third kappa shape index (κ3) is 7.16. The highest BCUT2D eigenvalue weighted by Gasteiger charge is 2.28. The first-order valence-corrected chi connectivity index (χ1v) is 6.57. The smallest absolute Gasteiger partial charge is 0.387 e. The van der Waals surface area contributed by atoms with Gasteiger partial charge in [0.05, 0.1) is 12.3 Å². The first kappa shape index (κ1) is 16.2. The van der Waals surface area contributed by atoms with Gasteiger partial charge < -0.3 is 5.73 Å². The van der Waals surface area contributed by atoms with E-state index in [0.29, 0.717) is 0 Å². The van der Waals surface area contributed by atoms with Crippen LogP contribution in [0.25, 0.3) is 0 Å². The van der Waals surface area contributed by atoms with Crippen LogP contribution in [0.5, 0.6) is 0 Å². The molecule has 0 aromatic carbocycles. The zero-order valence-electron chi connectivity index (χ0n) is 9.42. The SMILES string of the molecule is CCN(CC(=N)N)S(=O)(=O)CCCC(F)(F)F. The number of rotatable bonds is 7. The van der Waals surface area contributed by atoms with Gasteiger partial charge in [0.25, 0.3) is 0 Å². The van der Waals surface area contributed by atoms with Gasteiger partial charge in [-0.05, 0) is 6.42 Å². The Hall–Kier alpha value is -0.830. The van der Waals surface area contributed by atoms with Crippen molar-refractivity contribution >= 4 is 15.9 Å². The molecule has 0 aromatic heterocycles. The van der Waals surface area contributed by atoms with Gasteiger partial charge in [-0.2, -0.15) is 17.5 Å². The third-order valence-electron chi connectivity index (χ3n) is 1.96. The second-order valence-corrected chi connectivity index (χ2v) is 5.57. The van der Waals surface area contributed by atoms with Gasteiger partial charge in [0.2, 0.25) is 10.0 Å². The molecule has 0 fully saturated rings. The first-order chi connectivity index (χ1) is 7.58. The molecule has 3 N–H and O–H groups in total. The minimum absolute atomic E-state index is 0.0773. The fourth-order valence-corrected chi connectivity index (χ4v) is 2.68. The number of likely N-dealkylation sites (N-methyl/N-ethyl adjacent to an activating group) is 1. The fraction of sp³-hybridized carbons (Fsp3) is 0.875. The van der Waals surface area contributed by atoms with E-state index in [0.717, 1.165) is 4.31 Å². The van der Waals surface area contributed by atoms with Crippen LogP contribution in [0.15, 0.2) is 0 Å². The van der Waals surface area contributed by atoms with E-state index in [-0.39, 0.29) is 18.9 Å². The Balaban J connectivity index is 4.40. The van der Waals surface area contributed by atoms with Crippen LogP contribution in [0.4, 0.5) is 13.2 Å². The van der Waals surface area contributed by atoms with Crippen molar-refractivity contribution in [3.63, 3.8) is 0 Å². The summed E-state index contributed by atoms with van der Waals surface area (Å²) in [5, 5.41) is 6.98. The maximum atomic E-state index is 11.9. The predicted molar refractivity (Wildman–Crippen MR) is 58.2 cm³/mol. The first-order valence-electron chi connectivity index (χ1n) is 4.96. The molecule has 0 rings (SSSR count). The lowest BCUT2D eigenvalue weighted by atomic mass is 10.3. The molecule has 0 aromatic rings. The Morgan fingerprint density at radius 1 is 1.41 bits per heavy atom. The van der Waals surface area contributed by atoms with Crippen molar-refractivity contribution in [1.29, 1.82) is 5.41 Å². The summed E-state index contributed by atoms with van der Waals surface area (Å²) in [6.45, 7) is 1.32. The van der Waals surface area contributed by atoms with Crippen molar-refractivity contribution in [3.8, 4) is 0 Å². The summed E-state index contributed by atoms with van der Waals surface area (Å²) in [5.74, 6) is -0.931. The lowest BCUT2D eigenvalue weighted by Gasteiger charge is -2.19. The molecule has 0 aliphatic heterocycles. The quantitative estimate of drug-likeness (QED) is 0.535. The predicted octanol–water partition coefficient (Wildman–Crippen LogP) is 0.917. The molecule has 0 unspecified atom stereocenters. The topological polar surface area (TPSA) is 87.2 Å². The highest BCUT2D eigenvalue weighted by atomic mass is 32.2. The number of hydrogen-bond donors (Lipinski definition) is 2. The fourth-order valence-electron chi connectivity index (χ4n) is 1.18. The molecule has 0 bridgehead atoms. The van der Waals surface area contributed by atoms with Crippen molar-refractivity contribution in [2.45, 2.75) is 25.9 Å². The average molecular weight is 275 g/mol. The second kappa shape index (κ2) is 6.20. The summed E-state index contributed by atoms with van der Waals surface area (Å²) in [7, 11) is -3.78. The van der Waals surface area contributed by atoms with E-state index in [1.807, 2.05) is 0 Å². The van der Waals surface area contributed by atoms with Gasteiger partial charge in [-0.15, -0.1) is 0 Å². The Bertz CT molecular complexity index is 354. The van der Waals surface area contributed by atoms with Gasteiger partial charge in [-0.25, -0.2) is 8.42 Å². The summed E-state index contributed by atoms with van der Waals surface area (Å²) in [6.07, 6.45) is -5.97. The zero-order valence-corrected chi connectivity index (χ0v) is 10.2. The molecule has 0 saturated heterocycles. The largest absolute Gasteiger partial charge is 0.389 e. The number of hydrogen-bond acceptors (Lipinski definition) is 3. The molecule has 102 valence electrons. The highest BCUT2D eigenvalue weighted by molar-refractivity contribution is 7.89. The molecule has 0 heterocycles. The summed E-state index contributed by atoms with van der Waals surface area (Å²) in [4.78, 5) is 0. The monoisotopic (exact) mass is 275 g/mol. The van der Waals surface area contributed by atoms with Crippen LogP contribution in [0.2, 0.25) is 0 Å². The number of nitrogens with zero attached hydrogens (tertiary/aromatic N) is 1. The molecule has 0 spiro atoms. The molecule has 5 nitrogen and oxygen atoms in total. The molecular weight excluding hydrogens is 259 g/mol. The molecule has 0 atom stereocenters. The Labute approximate surface area is 98.3 Å². The Kier molecular flexibility index (Phi) is 5.89. The van der Waals surface area contributed by atoms with Crippen molar-refractivity contribution in [1.82, 2.24) is 4.31 Å². The molecule has 0 aliphatic rings. The molecule has 0 amide bonds. The number of alkyl halides is 3. The van der Waals surface area contributed by atoms with Crippen molar-refractivity contribution in [2.75, 3.05) is 18.8 Å². The van der Waals surface area contributed by atoms with Crippen LogP contribution < -0.4 is 5.73 Å². The Morgan fingerprint density at radius 3 is 2.29 bits per heavy atom. The number of nitrogens with two attached hydrogens (primary N) is 1. The molecule has 0 saturated carbocycles. The second-order valence-electron chi connectivity index (χ2n) is 3.49. The maximum absolute atomic E-state index is 11.9. The normalized spacial score (nSPS) is 13.0. The van der Waals surface area contributed by atoms with Crippen LogP contribution in [0.1, 0.15) is 19.8 Å². The zero-order chi connectivity index (χ0) is 13.7. The van der Waals surface area contributed by atoms with Crippen molar-refractivity contribution in [2.24, 2.45) is 5.73 Å².